The van der Waals surface area contributed by atoms with E-state index in [0.29, 0.717) is 17.5 Å². The van der Waals surface area contributed by atoms with E-state index in [9.17, 15) is 14.4 Å². The van der Waals surface area contributed by atoms with Crippen LogP contribution in [0.5, 0.6) is 0 Å². The molecule has 0 N–H and O–H groups in total. The van der Waals surface area contributed by atoms with Crippen LogP contribution in [0.3, 0.4) is 0 Å². The predicted molar refractivity (Wildman–Crippen MR) is 76.7 cm³/mol. The van der Waals surface area contributed by atoms with Crippen LogP contribution in [-0.2, 0) is 9.53 Å². The molecule has 110 valence electrons. The van der Waals surface area contributed by atoms with Gasteiger partial charge in [-0.25, -0.2) is 4.79 Å². The molecule has 0 aromatic heterocycles. The molecule has 1 aliphatic rings. The average molecular weight is 287 g/mol. The average Bonchev–Trinajstić information content (AvgIpc) is 2.73. The number of esters is 1. The number of hydrogen-bond acceptors (Lipinski definition) is 4. The molecule has 0 radical (unpaired) electrons. The molecular weight excluding hydrogens is 270 g/mol. The van der Waals surface area contributed by atoms with Crippen LogP contribution in [0.4, 0.5) is 0 Å². The Morgan fingerprint density at radius 1 is 1.29 bits per heavy atom. The Labute approximate surface area is 123 Å². The Hall–Kier alpha value is -2.43. The molecule has 1 heterocycles. The number of methoxy groups -OCH3 is 1. The van der Waals surface area contributed by atoms with E-state index in [-0.39, 0.29) is 5.92 Å². The van der Waals surface area contributed by atoms with Crippen LogP contribution in [0.1, 0.15) is 34.1 Å². The zero-order valence-corrected chi connectivity index (χ0v) is 12.0. The van der Waals surface area contributed by atoms with Gasteiger partial charge in [0.25, 0.3) is 11.8 Å². The van der Waals surface area contributed by atoms with Crippen LogP contribution in [0.15, 0.2) is 36.9 Å². The van der Waals surface area contributed by atoms with Gasteiger partial charge in [0.2, 0.25) is 0 Å². The van der Waals surface area contributed by atoms with E-state index in [4.69, 9.17) is 4.74 Å². The number of ether oxygens (including phenoxy) is 1. The van der Waals surface area contributed by atoms with Gasteiger partial charge in [-0.2, -0.15) is 0 Å². The first-order chi connectivity index (χ1) is 10.0. The molecule has 1 aromatic carbocycles. The summed E-state index contributed by atoms with van der Waals surface area (Å²) < 4.78 is 4.77. The third-order valence-electron chi connectivity index (χ3n) is 3.62. The second-order valence-electron chi connectivity index (χ2n) is 5.00. The van der Waals surface area contributed by atoms with Crippen LogP contribution >= 0.6 is 0 Å². The molecule has 2 amide bonds. The van der Waals surface area contributed by atoms with Crippen molar-refractivity contribution in [2.24, 2.45) is 5.92 Å². The molecular formula is C16H17NO4. The number of hydrogen-bond donors (Lipinski definition) is 0. The zero-order chi connectivity index (χ0) is 15.6. The number of rotatable bonds is 5. The van der Waals surface area contributed by atoms with Crippen LogP contribution in [0, 0.1) is 5.92 Å². The maximum Gasteiger partial charge on any atom is 0.329 e. The standard InChI is InChI=1S/C16H17NO4/c1-4-7-10(2)13(16(20)21-3)17-14(18)11-8-5-6-9-12(11)15(17)19/h4-6,8-10,13H,1,7H2,2-3H3/t10-,13+/m1/s1. The fourth-order valence-corrected chi connectivity index (χ4v) is 2.57. The third kappa shape index (κ3) is 2.46. The molecule has 0 fully saturated rings. The second kappa shape index (κ2) is 5.91. The summed E-state index contributed by atoms with van der Waals surface area (Å²) in [5.74, 6) is -1.78. The number of imide groups is 1. The van der Waals surface area contributed by atoms with Crippen LogP contribution < -0.4 is 0 Å². The van der Waals surface area contributed by atoms with Crippen molar-refractivity contribution in [1.29, 1.82) is 0 Å². The smallest absolute Gasteiger partial charge is 0.329 e. The summed E-state index contributed by atoms with van der Waals surface area (Å²) in [6, 6.07) is 5.60. The minimum absolute atomic E-state index is 0.267. The molecule has 0 aliphatic carbocycles. The lowest BCUT2D eigenvalue weighted by Gasteiger charge is -2.28. The van der Waals surface area contributed by atoms with Crippen molar-refractivity contribution >= 4 is 17.8 Å². The first-order valence-corrected chi connectivity index (χ1v) is 6.68. The topological polar surface area (TPSA) is 63.7 Å². The van der Waals surface area contributed by atoms with Crippen molar-refractivity contribution in [3.63, 3.8) is 0 Å². The maximum atomic E-state index is 12.4. The Morgan fingerprint density at radius 3 is 2.24 bits per heavy atom. The molecule has 5 heteroatoms. The zero-order valence-electron chi connectivity index (χ0n) is 12.0. The Kier molecular flexibility index (Phi) is 4.21. The summed E-state index contributed by atoms with van der Waals surface area (Å²) in [7, 11) is 1.24. The first kappa shape index (κ1) is 15.0. The highest BCUT2D eigenvalue weighted by atomic mass is 16.5. The molecule has 0 unspecified atom stereocenters. The monoisotopic (exact) mass is 287 g/mol. The van der Waals surface area contributed by atoms with E-state index < -0.39 is 23.8 Å². The number of carbonyl (C=O) groups is 3. The lowest BCUT2D eigenvalue weighted by atomic mass is 9.96. The molecule has 2 atom stereocenters. The molecule has 1 aliphatic heterocycles. The van der Waals surface area contributed by atoms with Crippen molar-refractivity contribution in [3.8, 4) is 0 Å². The van der Waals surface area contributed by atoms with Crippen molar-refractivity contribution < 1.29 is 19.1 Å². The lowest BCUT2D eigenvalue weighted by molar-refractivity contribution is -0.146. The minimum Gasteiger partial charge on any atom is -0.467 e. The van der Waals surface area contributed by atoms with Gasteiger partial charge in [-0.1, -0.05) is 25.1 Å². The largest absolute Gasteiger partial charge is 0.467 e. The van der Waals surface area contributed by atoms with Gasteiger partial charge < -0.3 is 4.74 Å². The van der Waals surface area contributed by atoms with Crippen LogP contribution in [0.25, 0.3) is 0 Å². The van der Waals surface area contributed by atoms with Gasteiger partial charge in [0.05, 0.1) is 18.2 Å². The highest BCUT2D eigenvalue weighted by Crippen LogP contribution is 2.28. The van der Waals surface area contributed by atoms with E-state index >= 15 is 0 Å². The van der Waals surface area contributed by atoms with Gasteiger partial charge in [0.15, 0.2) is 0 Å². The van der Waals surface area contributed by atoms with Crippen molar-refractivity contribution in [3.05, 3.63) is 48.0 Å². The number of nitrogens with zero attached hydrogens (tertiary/aromatic N) is 1. The highest BCUT2D eigenvalue weighted by Gasteiger charge is 2.45. The summed E-state index contributed by atoms with van der Waals surface area (Å²) in [6.45, 7) is 5.42. The fraction of sp³-hybridized carbons (Fsp3) is 0.312. The maximum absolute atomic E-state index is 12.4. The Balaban J connectivity index is 2.43. The van der Waals surface area contributed by atoms with E-state index in [1.54, 1.807) is 37.3 Å². The van der Waals surface area contributed by atoms with Crippen molar-refractivity contribution in [1.82, 2.24) is 4.90 Å². The molecule has 1 aromatic rings. The number of fused-ring (bicyclic) bond motifs is 1. The van der Waals surface area contributed by atoms with E-state index in [1.165, 1.54) is 7.11 Å². The molecule has 0 bridgehead atoms. The van der Waals surface area contributed by atoms with Crippen LogP contribution in [0.2, 0.25) is 0 Å². The SMILES string of the molecule is C=CC[C@@H](C)[C@@H](C(=O)OC)N1C(=O)c2ccccc2C1=O. The number of amides is 2. The molecule has 5 nitrogen and oxygen atoms in total. The number of allylic oxidation sites excluding steroid dienone is 1. The first-order valence-electron chi connectivity index (χ1n) is 6.68. The molecule has 2 rings (SSSR count). The van der Waals surface area contributed by atoms with Crippen LogP contribution in [-0.4, -0.2) is 35.8 Å². The van der Waals surface area contributed by atoms with Crippen molar-refractivity contribution in [2.75, 3.05) is 7.11 Å². The number of benzene rings is 1. The summed E-state index contributed by atoms with van der Waals surface area (Å²) in [5.41, 5.74) is 0.643. The van der Waals surface area contributed by atoms with Gasteiger partial charge in [-0.05, 0) is 24.5 Å². The fourth-order valence-electron chi connectivity index (χ4n) is 2.57. The molecule has 0 saturated heterocycles. The highest BCUT2D eigenvalue weighted by molar-refractivity contribution is 6.22. The van der Waals surface area contributed by atoms with Gasteiger partial charge in [-0.3, -0.25) is 14.5 Å². The van der Waals surface area contributed by atoms with E-state index in [1.807, 2.05) is 0 Å². The van der Waals surface area contributed by atoms with E-state index in [0.717, 1.165) is 4.90 Å². The van der Waals surface area contributed by atoms with E-state index in [2.05, 4.69) is 6.58 Å². The lowest BCUT2D eigenvalue weighted by Crippen LogP contribution is -2.49. The van der Waals surface area contributed by atoms with Crippen molar-refractivity contribution in [2.45, 2.75) is 19.4 Å². The van der Waals surface area contributed by atoms with Gasteiger partial charge >= 0.3 is 5.97 Å². The molecule has 0 saturated carbocycles. The summed E-state index contributed by atoms with van der Waals surface area (Å²) in [5, 5.41) is 0. The second-order valence-corrected chi connectivity index (χ2v) is 5.00. The van der Waals surface area contributed by atoms with Gasteiger partial charge in [-0.15, -0.1) is 6.58 Å². The quantitative estimate of drug-likeness (QED) is 0.472. The summed E-state index contributed by atoms with van der Waals surface area (Å²) in [4.78, 5) is 38.0. The number of carbonyl (C=O) groups excluding carboxylic acids is 3. The normalized spacial score (nSPS) is 16.4. The third-order valence-corrected chi connectivity index (χ3v) is 3.62. The van der Waals surface area contributed by atoms with Gasteiger partial charge in [0, 0.05) is 0 Å². The van der Waals surface area contributed by atoms with Gasteiger partial charge in [0.1, 0.15) is 6.04 Å². The minimum atomic E-state index is -0.944. The molecule has 0 spiro atoms. The summed E-state index contributed by atoms with van der Waals surface area (Å²) >= 11 is 0. The Bertz CT molecular complexity index is 573. The summed E-state index contributed by atoms with van der Waals surface area (Å²) in [6.07, 6.45) is 2.14. The molecule has 21 heavy (non-hydrogen) atoms. The predicted octanol–water partition coefficient (Wildman–Crippen LogP) is 2.04. The Morgan fingerprint density at radius 2 is 1.81 bits per heavy atom.